The number of amides is 4. The maximum atomic E-state index is 13.1. The van der Waals surface area contributed by atoms with E-state index in [1.54, 1.807) is 24.3 Å². The number of nitrogens with two attached hydrogens (primary N) is 3. The molecule has 1 rings (SSSR count). The van der Waals surface area contributed by atoms with Gasteiger partial charge in [-0.05, 0) is 37.8 Å². The van der Waals surface area contributed by atoms with Crippen LogP contribution in [0.3, 0.4) is 0 Å². The molecule has 0 aliphatic rings. The summed E-state index contributed by atoms with van der Waals surface area (Å²) in [6, 6.07) is 3.98. The first-order valence-electron chi connectivity index (χ1n) is 13.0. The highest BCUT2D eigenvalue weighted by molar-refractivity contribution is 5.94. The van der Waals surface area contributed by atoms with Crippen molar-refractivity contribution in [2.45, 2.75) is 56.3 Å². The number of hydrogen-bond acceptors (Lipinski definition) is 9. The Morgan fingerprint density at radius 2 is 1.45 bits per heavy atom. The van der Waals surface area contributed by atoms with Crippen LogP contribution in [-0.2, 0) is 35.2 Å². The number of nitrogens with one attached hydrogen (secondary N) is 6. The van der Waals surface area contributed by atoms with Crippen LogP contribution in [0.2, 0.25) is 0 Å². The lowest BCUT2D eigenvalue weighted by molar-refractivity contribution is -0.147. The summed E-state index contributed by atoms with van der Waals surface area (Å²) in [6.45, 7) is -0.507. The van der Waals surface area contributed by atoms with Crippen molar-refractivity contribution in [2.24, 2.45) is 17.2 Å². The number of rotatable bonds is 19. The van der Waals surface area contributed by atoms with Crippen LogP contribution in [0.25, 0.3) is 0 Å². The topological polar surface area (TPSA) is 305 Å². The summed E-state index contributed by atoms with van der Waals surface area (Å²) in [5.41, 5.74) is 17.7. The zero-order valence-corrected chi connectivity index (χ0v) is 22.9. The third-order valence-corrected chi connectivity index (χ3v) is 5.78. The van der Waals surface area contributed by atoms with Crippen molar-refractivity contribution in [3.8, 4) is 0 Å². The molecule has 0 radical (unpaired) electrons. The average Bonchev–Trinajstić information content (AvgIpc) is 2.92. The van der Waals surface area contributed by atoms with Crippen molar-refractivity contribution in [1.29, 1.82) is 5.41 Å². The number of aliphatic carboxylic acids is 2. The monoisotopic (exact) mass is 593 g/mol. The van der Waals surface area contributed by atoms with Crippen molar-refractivity contribution in [2.75, 3.05) is 19.6 Å². The Bertz CT molecular complexity index is 1100. The van der Waals surface area contributed by atoms with Gasteiger partial charge in [0.25, 0.3) is 0 Å². The molecule has 0 aliphatic carbocycles. The number of carbonyl (C=O) groups is 6. The first-order valence-corrected chi connectivity index (χ1v) is 13.0. The first kappa shape index (κ1) is 35.3. The molecule has 42 heavy (non-hydrogen) atoms. The second kappa shape index (κ2) is 18.6. The molecular weight excluding hydrogens is 554 g/mol. The Labute approximate surface area is 241 Å². The van der Waals surface area contributed by atoms with Crippen LogP contribution in [0.5, 0.6) is 0 Å². The van der Waals surface area contributed by atoms with E-state index in [1.807, 2.05) is 11.4 Å². The lowest BCUT2D eigenvalue weighted by Gasteiger charge is -2.24. The van der Waals surface area contributed by atoms with Crippen molar-refractivity contribution >= 4 is 41.5 Å². The molecule has 232 valence electrons. The standard InChI is InChI=1S/C25H39N9O8/c26-9-8-17(33-21(38)15(27)11-14-5-2-1-3-6-14)23(40)34-16(7-4-10-30-25(28)29)22(39)31-13-19(35)32-18(24(41)42)12-20(36)37/h1-3,5-6,15-18H,4,7-13,26-27H2,(H,31,39)(H,32,35)(H,33,38)(H,34,40)(H,36,37)(H,41,42)(H4,28,29,30)/t15-,16+,17+,18+/m1/s1. The third kappa shape index (κ3) is 14.0. The molecule has 14 N–H and O–H groups in total. The zero-order chi connectivity index (χ0) is 31.7. The summed E-state index contributed by atoms with van der Waals surface area (Å²) in [7, 11) is 0. The fourth-order valence-corrected chi connectivity index (χ4v) is 3.66. The lowest BCUT2D eigenvalue weighted by Crippen LogP contribution is -2.57. The Kier molecular flexibility index (Phi) is 15.6. The van der Waals surface area contributed by atoms with Crippen molar-refractivity contribution < 1.29 is 39.0 Å². The van der Waals surface area contributed by atoms with Gasteiger partial charge in [-0.25, -0.2) is 4.79 Å². The molecule has 0 saturated carbocycles. The number of carbonyl (C=O) groups excluding carboxylic acids is 4. The fourth-order valence-electron chi connectivity index (χ4n) is 3.66. The Morgan fingerprint density at radius 1 is 0.833 bits per heavy atom. The van der Waals surface area contributed by atoms with Gasteiger partial charge in [0.15, 0.2) is 5.96 Å². The van der Waals surface area contributed by atoms with E-state index in [0.717, 1.165) is 5.56 Å². The van der Waals surface area contributed by atoms with E-state index in [9.17, 15) is 28.8 Å². The van der Waals surface area contributed by atoms with E-state index in [4.69, 9.17) is 32.8 Å². The molecule has 17 nitrogen and oxygen atoms in total. The second-order valence-electron chi connectivity index (χ2n) is 9.25. The summed E-state index contributed by atoms with van der Waals surface area (Å²) in [5.74, 6) is -6.46. The van der Waals surface area contributed by atoms with Gasteiger partial charge in [-0.1, -0.05) is 30.3 Å². The minimum absolute atomic E-state index is 0.0208. The van der Waals surface area contributed by atoms with Crippen LogP contribution < -0.4 is 43.8 Å². The molecule has 0 bridgehead atoms. The average molecular weight is 594 g/mol. The van der Waals surface area contributed by atoms with E-state index >= 15 is 0 Å². The Morgan fingerprint density at radius 3 is 2.02 bits per heavy atom. The molecule has 0 saturated heterocycles. The molecule has 1 aromatic rings. The van der Waals surface area contributed by atoms with Crippen LogP contribution in [-0.4, -0.2) is 95.5 Å². The van der Waals surface area contributed by atoms with Crippen LogP contribution in [0, 0.1) is 5.41 Å². The molecule has 0 aliphatic heterocycles. The van der Waals surface area contributed by atoms with Gasteiger partial charge in [0.2, 0.25) is 23.6 Å². The highest BCUT2D eigenvalue weighted by Gasteiger charge is 2.28. The van der Waals surface area contributed by atoms with E-state index in [2.05, 4.69) is 21.3 Å². The Hall–Kier alpha value is -4.77. The van der Waals surface area contributed by atoms with Gasteiger partial charge in [0.1, 0.15) is 18.1 Å². The second-order valence-corrected chi connectivity index (χ2v) is 9.25. The van der Waals surface area contributed by atoms with Crippen LogP contribution >= 0.6 is 0 Å². The number of hydrogen-bond donors (Lipinski definition) is 11. The molecule has 0 spiro atoms. The summed E-state index contributed by atoms with van der Waals surface area (Å²) in [4.78, 5) is 72.8. The molecule has 4 atom stereocenters. The van der Waals surface area contributed by atoms with Gasteiger partial charge < -0.3 is 54.0 Å². The normalized spacial score (nSPS) is 13.4. The number of benzene rings is 1. The Balaban J connectivity index is 2.88. The molecular formula is C25H39N9O8. The van der Waals surface area contributed by atoms with E-state index in [1.165, 1.54) is 0 Å². The molecule has 17 heteroatoms. The highest BCUT2D eigenvalue weighted by Crippen LogP contribution is 2.04. The van der Waals surface area contributed by atoms with Crippen LogP contribution in [0.1, 0.15) is 31.2 Å². The summed E-state index contributed by atoms with van der Waals surface area (Å²) in [5, 5.41) is 37.0. The number of carboxylic acids is 2. The van der Waals surface area contributed by atoms with Gasteiger partial charge in [-0.3, -0.25) is 29.4 Å². The van der Waals surface area contributed by atoms with Crippen LogP contribution in [0.15, 0.2) is 30.3 Å². The first-order chi connectivity index (χ1) is 19.8. The zero-order valence-electron chi connectivity index (χ0n) is 22.9. The quantitative estimate of drug-likeness (QED) is 0.0419. The summed E-state index contributed by atoms with van der Waals surface area (Å²) in [6.07, 6.45) is -0.361. The van der Waals surface area contributed by atoms with Crippen molar-refractivity contribution in [3.05, 3.63) is 35.9 Å². The maximum absolute atomic E-state index is 13.1. The highest BCUT2D eigenvalue weighted by atomic mass is 16.4. The van der Waals surface area contributed by atoms with Gasteiger partial charge >= 0.3 is 11.9 Å². The van der Waals surface area contributed by atoms with E-state index in [-0.39, 0.29) is 44.7 Å². The molecule has 0 unspecified atom stereocenters. The predicted octanol–water partition coefficient (Wildman–Crippen LogP) is -3.70. The van der Waals surface area contributed by atoms with Gasteiger partial charge in [0.05, 0.1) is 19.0 Å². The predicted molar refractivity (Wildman–Crippen MR) is 150 cm³/mol. The van der Waals surface area contributed by atoms with Crippen LogP contribution in [0.4, 0.5) is 0 Å². The minimum atomic E-state index is -1.71. The maximum Gasteiger partial charge on any atom is 0.326 e. The summed E-state index contributed by atoms with van der Waals surface area (Å²) < 4.78 is 0. The summed E-state index contributed by atoms with van der Waals surface area (Å²) >= 11 is 0. The lowest BCUT2D eigenvalue weighted by atomic mass is 10.0. The number of guanidine groups is 1. The van der Waals surface area contributed by atoms with Crippen molar-refractivity contribution in [1.82, 2.24) is 26.6 Å². The molecule has 0 heterocycles. The fraction of sp³-hybridized carbons (Fsp3) is 0.480. The smallest absolute Gasteiger partial charge is 0.326 e. The number of carboxylic acid groups (broad SMARTS) is 2. The van der Waals surface area contributed by atoms with Gasteiger partial charge in [-0.15, -0.1) is 0 Å². The SMILES string of the molecule is N=C(N)NCCC[C@H](NC(=O)[C@H](CCN)NC(=O)[C@H](N)Cc1ccccc1)C(=O)NCC(=O)N[C@@H](CC(=O)O)C(=O)O. The molecule has 0 fully saturated rings. The molecule has 4 amide bonds. The van der Waals surface area contributed by atoms with Crippen molar-refractivity contribution in [3.63, 3.8) is 0 Å². The largest absolute Gasteiger partial charge is 0.481 e. The van der Waals surface area contributed by atoms with Gasteiger partial charge in [-0.2, -0.15) is 0 Å². The minimum Gasteiger partial charge on any atom is -0.481 e. The third-order valence-electron chi connectivity index (χ3n) is 5.78. The van der Waals surface area contributed by atoms with Gasteiger partial charge in [0, 0.05) is 6.54 Å². The molecule has 0 aromatic heterocycles. The molecule has 1 aromatic carbocycles. The van der Waals surface area contributed by atoms with E-state index < -0.39 is 72.7 Å². The van der Waals surface area contributed by atoms with E-state index in [0.29, 0.717) is 0 Å².